The molecule has 3 aromatic carbocycles. The number of nitrogen functional groups attached to an aromatic ring is 1. The van der Waals surface area contributed by atoms with E-state index in [1.807, 2.05) is 93.6 Å². The standard InChI is InChI=1S/2C14H14ClN3O.C7H6Cl2N2O.C7H9N.C6H3Cl2NO2.CH4.O2S/c2*1-9-5-3-4-6-11(9)18-12-7-13(15)17-8-10(12)14(19)16-2;1-10-7(12)4-3-11-6(9)2-5(4)8;1-6-4-2-3-5-7(6)8;7-4-1-5(8)9-2-3(4)6(10)11;;1-3-2/h2*3-8H,1-2H3,(H,16,19)(H,17,18);2-3H,1H3,(H,10,12);2-5H,8H2,1H3;1-2H,(H,10,11);1H4;. The van der Waals surface area contributed by atoms with Crippen molar-refractivity contribution in [3.8, 4) is 0 Å². The molecule has 0 bridgehead atoms. The molecule has 24 heteroatoms. The Morgan fingerprint density at radius 2 is 0.781 bits per heavy atom. The molecule has 3 amide bonds. The minimum atomic E-state index is -1.11. The van der Waals surface area contributed by atoms with Crippen LogP contribution in [-0.4, -0.2) is 78.3 Å². The second-order valence-electron chi connectivity index (χ2n) is 13.9. The number of rotatable bonds is 8. The van der Waals surface area contributed by atoms with Crippen LogP contribution in [0, 0.1) is 20.8 Å². The van der Waals surface area contributed by atoms with Gasteiger partial charge in [0.05, 0.1) is 43.7 Å². The summed E-state index contributed by atoms with van der Waals surface area (Å²) in [6.07, 6.45) is 5.38. The summed E-state index contributed by atoms with van der Waals surface area (Å²) in [5.74, 6) is -1.80. The first kappa shape index (κ1) is 64.1. The molecule has 4 heterocycles. The molecule has 0 spiro atoms. The van der Waals surface area contributed by atoms with Crippen LogP contribution in [0.5, 0.6) is 0 Å². The number of anilines is 5. The smallest absolute Gasteiger partial charge is 0.338 e. The third-order valence-electron chi connectivity index (χ3n) is 9.04. The monoisotopic (exact) mass is 1130 g/mol. The van der Waals surface area contributed by atoms with Gasteiger partial charge in [-0.3, -0.25) is 14.4 Å². The minimum Gasteiger partial charge on any atom is -0.478 e. The molecule has 0 aliphatic carbocycles. The SMILES string of the molecule is C.CNC(=O)c1cnc(Cl)cc1Cl.CNC(=O)c1cnc(Cl)cc1Nc1ccccc1C.CNC(=O)c1cnc(Cl)cc1Nc1ccccc1C.Cc1ccccc1N.O=C(O)c1cnc(Cl)cc1Cl.O=S=O. The maximum absolute atomic E-state index is 11.8. The maximum atomic E-state index is 11.8. The summed E-state index contributed by atoms with van der Waals surface area (Å²) in [5.41, 5.74) is 14.0. The molecule has 7 aromatic rings. The number of hydrogen-bond donors (Lipinski definition) is 7. The van der Waals surface area contributed by atoms with Crippen molar-refractivity contribution in [1.29, 1.82) is 0 Å². The van der Waals surface area contributed by atoms with E-state index in [9.17, 15) is 19.2 Å². The van der Waals surface area contributed by atoms with E-state index in [0.717, 1.165) is 39.9 Å². The number of hydrogen-bond acceptors (Lipinski definition) is 13. The number of carbonyl (C=O) groups is 4. The quantitative estimate of drug-likeness (QED) is 0.0552. The van der Waals surface area contributed by atoms with Gasteiger partial charge in [-0.1, -0.05) is 132 Å². The summed E-state index contributed by atoms with van der Waals surface area (Å²) in [6.45, 7) is 5.98. The third kappa shape index (κ3) is 22.2. The summed E-state index contributed by atoms with van der Waals surface area (Å²) in [4.78, 5) is 60.2. The highest BCUT2D eigenvalue weighted by Crippen LogP contribution is 2.27. The summed E-state index contributed by atoms with van der Waals surface area (Å²) < 4.78 is 16.6. The van der Waals surface area contributed by atoms with Crippen LogP contribution >= 0.6 is 69.6 Å². The molecule has 17 nitrogen and oxygen atoms in total. The van der Waals surface area contributed by atoms with Crippen LogP contribution in [0.1, 0.15) is 65.5 Å². The fourth-order valence-corrected chi connectivity index (χ4v) is 6.49. The molecule has 0 unspecified atom stereocenters. The number of amides is 3. The van der Waals surface area contributed by atoms with Crippen molar-refractivity contribution in [2.45, 2.75) is 28.2 Å². The Hall–Kier alpha value is -6.90. The van der Waals surface area contributed by atoms with E-state index in [1.165, 1.54) is 37.8 Å². The summed E-state index contributed by atoms with van der Waals surface area (Å²) in [6, 6.07) is 29.4. The van der Waals surface area contributed by atoms with E-state index in [2.05, 4.69) is 46.5 Å². The van der Waals surface area contributed by atoms with Crippen molar-refractivity contribution < 1.29 is 32.7 Å². The molecule has 0 radical (unpaired) electrons. The zero-order valence-corrected chi connectivity index (χ0v) is 44.3. The van der Waals surface area contributed by atoms with E-state index in [4.69, 9.17) is 88.9 Å². The number of nitrogens with zero attached hydrogens (tertiary/aromatic N) is 4. The third-order valence-corrected chi connectivity index (χ3v) is 10.5. The van der Waals surface area contributed by atoms with E-state index in [-0.39, 0.29) is 46.0 Å². The number of carboxylic acid groups (broad SMARTS) is 1. The van der Waals surface area contributed by atoms with E-state index in [0.29, 0.717) is 43.4 Å². The lowest BCUT2D eigenvalue weighted by atomic mass is 10.1. The highest BCUT2D eigenvalue weighted by atomic mass is 35.5. The number of aryl methyl sites for hydroxylation is 3. The van der Waals surface area contributed by atoms with Crippen LogP contribution in [0.15, 0.2) is 122 Å². The average molecular weight is 1140 g/mol. The number of aromatic nitrogens is 4. The summed E-state index contributed by atoms with van der Waals surface area (Å²) in [7, 11) is 4.68. The van der Waals surface area contributed by atoms with Gasteiger partial charge in [0.15, 0.2) is 0 Å². The molecule has 0 saturated heterocycles. The summed E-state index contributed by atoms with van der Waals surface area (Å²) >= 11 is 33.2. The van der Waals surface area contributed by atoms with Crippen molar-refractivity contribution >= 4 is 133 Å². The molecule has 0 atom stereocenters. The van der Waals surface area contributed by atoms with Gasteiger partial charge in [0, 0.05) is 63.0 Å². The lowest BCUT2D eigenvalue weighted by Gasteiger charge is -2.13. The number of nitrogens with one attached hydrogen (secondary N) is 5. The Labute approximate surface area is 456 Å². The van der Waals surface area contributed by atoms with Gasteiger partial charge >= 0.3 is 17.5 Å². The predicted molar refractivity (Wildman–Crippen MR) is 294 cm³/mol. The first-order chi connectivity index (χ1) is 34.2. The first-order valence-electron chi connectivity index (χ1n) is 20.4. The molecule has 0 aliphatic rings. The minimum absolute atomic E-state index is 0. The van der Waals surface area contributed by atoms with Crippen LogP contribution in [0.2, 0.25) is 30.7 Å². The highest BCUT2D eigenvalue weighted by Gasteiger charge is 2.14. The van der Waals surface area contributed by atoms with Crippen LogP contribution in [0.3, 0.4) is 0 Å². The summed E-state index contributed by atoms with van der Waals surface area (Å²) in [5, 5.41) is 24.0. The molecule has 0 fully saturated rings. The largest absolute Gasteiger partial charge is 0.478 e. The second-order valence-corrected chi connectivity index (χ2v) is 16.4. The Bertz CT molecular complexity index is 2880. The van der Waals surface area contributed by atoms with Gasteiger partial charge in [0.1, 0.15) is 20.6 Å². The lowest BCUT2D eigenvalue weighted by Crippen LogP contribution is -2.19. The number of para-hydroxylation sites is 3. The Morgan fingerprint density at radius 1 is 0.479 bits per heavy atom. The van der Waals surface area contributed by atoms with Gasteiger partial charge in [0.25, 0.3) is 17.7 Å². The lowest BCUT2D eigenvalue weighted by molar-refractivity contribution is 0.0695. The van der Waals surface area contributed by atoms with E-state index < -0.39 is 17.5 Å². The molecule has 0 aliphatic heterocycles. The number of halogens is 6. The fourth-order valence-electron chi connectivity index (χ4n) is 5.28. The van der Waals surface area contributed by atoms with Gasteiger partial charge in [-0.25, -0.2) is 24.7 Å². The maximum Gasteiger partial charge on any atom is 0.338 e. The number of nitrogens with two attached hydrogens (primary N) is 1. The average Bonchev–Trinajstić information content (AvgIpc) is 3.34. The zero-order valence-electron chi connectivity index (χ0n) is 39.0. The fraction of sp³-hybridized carbons (Fsp3) is 0.143. The molecule has 0 saturated carbocycles. The van der Waals surface area contributed by atoms with Gasteiger partial charge in [-0.15, -0.1) is 0 Å². The number of aromatic carboxylic acids is 1. The number of carbonyl (C=O) groups excluding carboxylic acids is 3. The van der Waals surface area contributed by atoms with Gasteiger partial charge in [-0.2, -0.15) is 8.42 Å². The number of pyridine rings is 4. The van der Waals surface area contributed by atoms with Crippen molar-refractivity contribution in [2.75, 3.05) is 37.5 Å². The number of benzene rings is 3. The normalized spacial score (nSPS) is 9.42. The van der Waals surface area contributed by atoms with Gasteiger partial charge in [-0.05, 0) is 79.9 Å². The zero-order chi connectivity index (χ0) is 53.9. The highest BCUT2D eigenvalue weighted by molar-refractivity contribution is 7.51. The molecule has 7 rings (SSSR count). The molecular formula is C49H50Cl6N10O7S. The van der Waals surface area contributed by atoms with E-state index >= 15 is 0 Å². The van der Waals surface area contributed by atoms with Crippen LogP contribution < -0.4 is 32.3 Å². The Balaban J connectivity index is 0.000000462. The topological polar surface area (TPSA) is 260 Å². The Kier molecular flexibility index (Phi) is 29.6. The van der Waals surface area contributed by atoms with Crippen molar-refractivity contribution in [3.63, 3.8) is 0 Å². The number of carboxylic acids is 1. The second kappa shape index (κ2) is 33.7. The van der Waals surface area contributed by atoms with Gasteiger partial charge in [0.2, 0.25) is 0 Å². The van der Waals surface area contributed by atoms with E-state index in [1.54, 1.807) is 26.2 Å². The Morgan fingerprint density at radius 3 is 1.08 bits per heavy atom. The van der Waals surface area contributed by atoms with Crippen molar-refractivity contribution in [1.82, 2.24) is 35.9 Å². The molecule has 73 heavy (non-hydrogen) atoms. The van der Waals surface area contributed by atoms with Crippen LogP contribution in [0.4, 0.5) is 28.4 Å². The van der Waals surface area contributed by atoms with Crippen molar-refractivity contribution in [2.24, 2.45) is 0 Å². The molecular weight excluding hydrogens is 1090 g/mol. The predicted octanol–water partition coefficient (Wildman–Crippen LogP) is 11.7. The van der Waals surface area contributed by atoms with Crippen LogP contribution in [0.25, 0.3) is 0 Å². The van der Waals surface area contributed by atoms with Gasteiger partial charge < -0.3 is 37.4 Å². The molecule has 8 N–H and O–H groups in total. The van der Waals surface area contributed by atoms with Crippen molar-refractivity contribution in [3.05, 3.63) is 191 Å². The molecule has 386 valence electrons. The van der Waals surface area contributed by atoms with Crippen LogP contribution in [-0.2, 0) is 11.6 Å². The molecule has 4 aromatic heterocycles. The first-order valence-corrected chi connectivity index (χ1v) is 23.4.